The van der Waals surface area contributed by atoms with Crippen LogP contribution in [-0.4, -0.2) is 32.1 Å². The molecule has 94 valence electrons. The van der Waals surface area contributed by atoms with Gasteiger partial charge >= 0.3 is 0 Å². The third-order valence-electron chi connectivity index (χ3n) is 3.78. The largest absolute Gasteiger partial charge is 0.355 e. The molecule has 1 saturated heterocycles. The minimum atomic E-state index is 0.362. The Morgan fingerprint density at radius 2 is 1.88 bits per heavy atom. The normalized spacial score (nSPS) is 40.9. The summed E-state index contributed by atoms with van der Waals surface area (Å²) in [6.07, 6.45) is 5.44. The molecule has 3 heteroatoms. The molecule has 3 atom stereocenters. The highest BCUT2D eigenvalue weighted by Gasteiger charge is 2.24. The maximum atomic E-state index is 5.54. The molecule has 0 aromatic carbocycles. The van der Waals surface area contributed by atoms with Gasteiger partial charge in [-0.2, -0.15) is 0 Å². The number of hydrogen-bond donors (Lipinski definition) is 1. The Morgan fingerprint density at radius 3 is 2.50 bits per heavy atom. The van der Waals surface area contributed by atoms with E-state index in [-0.39, 0.29) is 0 Å². The van der Waals surface area contributed by atoms with Crippen LogP contribution in [0, 0.1) is 11.8 Å². The quantitative estimate of drug-likeness (QED) is 0.801. The fraction of sp³-hybridized carbons (Fsp3) is 1.00. The van der Waals surface area contributed by atoms with Crippen molar-refractivity contribution in [3.63, 3.8) is 0 Å². The summed E-state index contributed by atoms with van der Waals surface area (Å²) in [7, 11) is 0. The van der Waals surface area contributed by atoms with E-state index in [1.54, 1.807) is 0 Å². The van der Waals surface area contributed by atoms with Gasteiger partial charge in [0, 0.05) is 12.6 Å². The standard InChI is InChI=1S/C13H25NO2/c1-10-5-11(2)7-12(6-10)14-8-13-3-4-15-9-16-13/h10-14H,3-9H2,1-2H3. The van der Waals surface area contributed by atoms with Crippen LogP contribution in [0.15, 0.2) is 0 Å². The molecular formula is C13H25NO2. The van der Waals surface area contributed by atoms with Crippen LogP contribution in [0.3, 0.4) is 0 Å². The molecule has 16 heavy (non-hydrogen) atoms. The Morgan fingerprint density at radius 1 is 1.12 bits per heavy atom. The minimum absolute atomic E-state index is 0.362. The van der Waals surface area contributed by atoms with Crippen molar-refractivity contribution < 1.29 is 9.47 Å². The van der Waals surface area contributed by atoms with Crippen LogP contribution >= 0.6 is 0 Å². The maximum absolute atomic E-state index is 5.54. The van der Waals surface area contributed by atoms with Crippen LogP contribution in [-0.2, 0) is 9.47 Å². The third kappa shape index (κ3) is 3.72. The molecule has 1 heterocycles. The van der Waals surface area contributed by atoms with E-state index < -0.39 is 0 Å². The molecule has 2 aliphatic rings. The van der Waals surface area contributed by atoms with Crippen molar-refractivity contribution in [1.29, 1.82) is 0 Å². The lowest BCUT2D eigenvalue weighted by atomic mass is 9.80. The first-order valence-corrected chi connectivity index (χ1v) is 6.66. The monoisotopic (exact) mass is 227 g/mol. The summed E-state index contributed by atoms with van der Waals surface area (Å²) in [4.78, 5) is 0. The smallest absolute Gasteiger partial charge is 0.147 e. The van der Waals surface area contributed by atoms with Crippen molar-refractivity contribution >= 4 is 0 Å². The Bertz CT molecular complexity index is 194. The number of hydrogen-bond acceptors (Lipinski definition) is 3. The van der Waals surface area contributed by atoms with Crippen molar-refractivity contribution in [3.8, 4) is 0 Å². The lowest BCUT2D eigenvalue weighted by molar-refractivity contribution is -0.137. The fourth-order valence-electron chi connectivity index (χ4n) is 3.07. The first-order chi connectivity index (χ1) is 7.74. The van der Waals surface area contributed by atoms with Gasteiger partial charge in [-0.15, -0.1) is 0 Å². The lowest BCUT2D eigenvalue weighted by Gasteiger charge is -2.33. The van der Waals surface area contributed by atoms with E-state index in [1.807, 2.05) is 0 Å². The van der Waals surface area contributed by atoms with E-state index in [0.717, 1.165) is 31.4 Å². The third-order valence-corrected chi connectivity index (χ3v) is 3.78. The van der Waals surface area contributed by atoms with Crippen LogP contribution in [0.2, 0.25) is 0 Å². The average molecular weight is 227 g/mol. The SMILES string of the molecule is CC1CC(C)CC(NCC2CCOCO2)C1. The summed E-state index contributed by atoms with van der Waals surface area (Å²) in [5.74, 6) is 1.74. The molecule has 1 saturated carbocycles. The minimum Gasteiger partial charge on any atom is -0.355 e. The van der Waals surface area contributed by atoms with Crippen LogP contribution in [0.4, 0.5) is 0 Å². The second kappa shape index (κ2) is 5.99. The van der Waals surface area contributed by atoms with Crippen molar-refractivity contribution in [2.24, 2.45) is 11.8 Å². The summed E-state index contributed by atoms with van der Waals surface area (Å²) in [5, 5.41) is 3.67. The zero-order valence-electron chi connectivity index (χ0n) is 10.6. The molecule has 0 amide bonds. The van der Waals surface area contributed by atoms with Gasteiger partial charge in [0.05, 0.1) is 12.7 Å². The zero-order chi connectivity index (χ0) is 11.4. The zero-order valence-corrected chi connectivity index (χ0v) is 10.6. The lowest BCUT2D eigenvalue weighted by Crippen LogP contribution is -2.42. The number of ether oxygens (including phenoxy) is 2. The highest BCUT2D eigenvalue weighted by atomic mass is 16.7. The predicted molar refractivity (Wildman–Crippen MR) is 64.3 cm³/mol. The second-order valence-electron chi connectivity index (χ2n) is 5.63. The Kier molecular flexibility index (Phi) is 4.62. The fourth-order valence-corrected chi connectivity index (χ4v) is 3.07. The van der Waals surface area contributed by atoms with Gasteiger partial charge in [0.25, 0.3) is 0 Å². The first-order valence-electron chi connectivity index (χ1n) is 6.66. The van der Waals surface area contributed by atoms with E-state index in [4.69, 9.17) is 9.47 Å². The van der Waals surface area contributed by atoms with E-state index in [0.29, 0.717) is 18.9 Å². The van der Waals surface area contributed by atoms with Crippen molar-refractivity contribution in [3.05, 3.63) is 0 Å². The molecule has 2 rings (SSSR count). The van der Waals surface area contributed by atoms with Gasteiger partial charge in [0.2, 0.25) is 0 Å². The Labute approximate surface area is 98.9 Å². The van der Waals surface area contributed by atoms with Crippen LogP contribution < -0.4 is 5.32 Å². The van der Waals surface area contributed by atoms with Gasteiger partial charge in [-0.05, 0) is 37.5 Å². The molecule has 1 aliphatic heterocycles. The molecule has 1 N–H and O–H groups in total. The van der Waals surface area contributed by atoms with Gasteiger partial charge in [0.1, 0.15) is 6.79 Å². The van der Waals surface area contributed by atoms with Gasteiger partial charge in [-0.3, -0.25) is 0 Å². The van der Waals surface area contributed by atoms with Crippen LogP contribution in [0.25, 0.3) is 0 Å². The van der Waals surface area contributed by atoms with Crippen molar-refractivity contribution in [1.82, 2.24) is 5.32 Å². The van der Waals surface area contributed by atoms with E-state index in [1.165, 1.54) is 19.3 Å². The molecule has 3 unspecified atom stereocenters. The van der Waals surface area contributed by atoms with E-state index in [2.05, 4.69) is 19.2 Å². The molecule has 3 nitrogen and oxygen atoms in total. The molecule has 1 aliphatic carbocycles. The molecule has 0 radical (unpaired) electrons. The summed E-state index contributed by atoms with van der Waals surface area (Å²) in [6.45, 7) is 7.06. The second-order valence-corrected chi connectivity index (χ2v) is 5.63. The Hall–Kier alpha value is -0.120. The first kappa shape index (κ1) is 12.3. The van der Waals surface area contributed by atoms with Crippen LogP contribution in [0.5, 0.6) is 0 Å². The van der Waals surface area contributed by atoms with Gasteiger partial charge in [-0.1, -0.05) is 13.8 Å². The molecule has 0 aromatic heterocycles. The van der Waals surface area contributed by atoms with Gasteiger partial charge < -0.3 is 14.8 Å². The number of nitrogens with one attached hydrogen (secondary N) is 1. The van der Waals surface area contributed by atoms with Gasteiger partial charge in [-0.25, -0.2) is 0 Å². The molecule has 2 fully saturated rings. The highest BCUT2D eigenvalue weighted by Crippen LogP contribution is 2.28. The summed E-state index contributed by atoms with van der Waals surface area (Å²) < 4.78 is 10.7. The highest BCUT2D eigenvalue weighted by molar-refractivity contribution is 4.80. The molecule has 0 spiro atoms. The average Bonchev–Trinajstić information content (AvgIpc) is 2.27. The van der Waals surface area contributed by atoms with Crippen LogP contribution in [0.1, 0.15) is 39.5 Å². The molecular weight excluding hydrogens is 202 g/mol. The maximum Gasteiger partial charge on any atom is 0.147 e. The summed E-state index contributed by atoms with van der Waals surface area (Å²) >= 11 is 0. The molecule has 0 bridgehead atoms. The van der Waals surface area contributed by atoms with Crippen molar-refractivity contribution in [2.75, 3.05) is 19.9 Å². The van der Waals surface area contributed by atoms with Gasteiger partial charge in [0.15, 0.2) is 0 Å². The molecule has 0 aromatic rings. The topological polar surface area (TPSA) is 30.5 Å². The Balaban J connectivity index is 1.68. The van der Waals surface area contributed by atoms with E-state index in [9.17, 15) is 0 Å². The summed E-state index contributed by atoms with van der Waals surface area (Å²) in [6, 6.07) is 0.699. The van der Waals surface area contributed by atoms with E-state index >= 15 is 0 Å². The summed E-state index contributed by atoms with van der Waals surface area (Å²) in [5.41, 5.74) is 0. The predicted octanol–water partition coefficient (Wildman–Crippen LogP) is 2.16. The van der Waals surface area contributed by atoms with Crippen molar-refractivity contribution in [2.45, 2.75) is 51.7 Å². The number of rotatable bonds is 3.